The van der Waals surface area contributed by atoms with Gasteiger partial charge in [0.25, 0.3) is 0 Å². The zero-order valence-corrected chi connectivity index (χ0v) is 11.7. The summed E-state index contributed by atoms with van der Waals surface area (Å²) < 4.78 is 0. The third kappa shape index (κ3) is 20.3. The molecular formula is C6H8Cl4N4V. The van der Waals surface area contributed by atoms with Crippen molar-refractivity contribution in [2.45, 2.75) is 0 Å². The van der Waals surface area contributed by atoms with Crippen molar-refractivity contribution in [3.63, 3.8) is 0 Å². The molecule has 2 rings (SSSR count). The first-order valence-corrected chi connectivity index (χ1v) is 11.2. The van der Waals surface area contributed by atoms with Gasteiger partial charge in [-0.3, -0.25) is 0 Å². The minimum atomic E-state index is -2.99. The van der Waals surface area contributed by atoms with Gasteiger partial charge in [-0.1, -0.05) is 0 Å². The van der Waals surface area contributed by atoms with Gasteiger partial charge in [-0.25, -0.2) is 9.97 Å². The van der Waals surface area contributed by atoms with Gasteiger partial charge in [0, 0.05) is 24.8 Å². The molecular weight excluding hydrogens is 321 g/mol. The summed E-state index contributed by atoms with van der Waals surface area (Å²) in [4.78, 5) is 12.8. The standard InChI is InChI=1S/2C3H4N2.4ClH.V/c2*1-2-5-3-4-1;;;;;/h2*1-3H,(H,4,5);4*1H;/q;;;;;;+4/p-4. The molecule has 9 heteroatoms. The van der Waals surface area contributed by atoms with Gasteiger partial charge in [0.15, 0.2) is 0 Å². The van der Waals surface area contributed by atoms with Crippen molar-refractivity contribution in [3.8, 4) is 0 Å². The van der Waals surface area contributed by atoms with Crippen molar-refractivity contribution in [2.75, 3.05) is 0 Å². The summed E-state index contributed by atoms with van der Waals surface area (Å²) in [5.41, 5.74) is 0. The first kappa shape index (κ1) is 15.2. The van der Waals surface area contributed by atoms with E-state index in [1.807, 2.05) is 0 Å². The van der Waals surface area contributed by atoms with Crippen molar-refractivity contribution in [1.82, 2.24) is 19.9 Å². The van der Waals surface area contributed by atoms with Crippen LogP contribution in [0, 0.1) is 0 Å². The Bertz CT molecular complexity index is 227. The molecule has 4 nitrogen and oxygen atoms in total. The molecule has 0 aliphatic carbocycles. The van der Waals surface area contributed by atoms with E-state index < -0.39 is 10.2 Å². The molecule has 0 aromatic carbocycles. The van der Waals surface area contributed by atoms with Crippen LogP contribution in [0.5, 0.6) is 0 Å². The smallest absolute Gasteiger partial charge is 0.0919 e. The largest absolute Gasteiger partial charge is 0.351 e. The topological polar surface area (TPSA) is 57.4 Å². The average molecular weight is 329 g/mol. The summed E-state index contributed by atoms with van der Waals surface area (Å²) in [6.45, 7) is 0. The number of aromatic amines is 2. The maximum Gasteiger partial charge on any atom is 0.0919 e. The fourth-order valence-electron chi connectivity index (χ4n) is 0.430. The molecule has 2 aromatic heterocycles. The number of nitrogens with zero attached hydrogens (tertiary/aromatic N) is 2. The van der Waals surface area contributed by atoms with Crippen molar-refractivity contribution < 1.29 is 10.2 Å². The molecule has 2 aromatic rings. The molecule has 0 atom stereocenters. The second-order valence-corrected chi connectivity index (χ2v) is 15.7. The van der Waals surface area contributed by atoms with Gasteiger partial charge in [0.05, 0.1) is 12.7 Å². The van der Waals surface area contributed by atoms with Crippen LogP contribution in [0.4, 0.5) is 0 Å². The Labute approximate surface area is 106 Å². The van der Waals surface area contributed by atoms with Crippen LogP contribution >= 0.6 is 39.4 Å². The van der Waals surface area contributed by atoms with E-state index in [4.69, 9.17) is 39.4 Å². The zero-order chi connectivity index (χ0) is 11.6. The molecule has 15 heavy (non-hydrogen) atoms. The Morgan fingerprint density at radius 2 is 1.13 bits per heavy atom. The molecule has 85 valence electrons. The fraction of sp³-hybridized carbons (Fsp3) is 0. The Morgan fingerprint density at radius 3 is 1.20 bits per heavy atom. The minimum absolute atomic E-state index is 1.62. The van der Waals surface area contributed by atoms with Crippen molar-refractivity contribution in [1.29, 1.82) is 0 Å². The fourth-order valence-corrected chi connectivity index (χ4v) is 0.430. The summed E-state index contributed by atoms with van der Waals surface area (Å²) in [5.74, 6) is 0. The summed E-state index contributed by atoms with van der Waals surface area (Å²) in [6.07, 6.45) is 10.2. The van der Waals surface area contributed by atoms with Gasteiger partial charge < -0.3 is 9.97 Å². The summed E-state index contributed by atoms with van der Waals surface area (Å²) in [6, 6.07) is 0. The monoisotopic (exact) mass is 327 g/mol. The summed E-state index contributed by atoms with van der Waals surface area (Å²) in [7, 11) is 17.0. The van der Waals surface area contributed by atoms with E-state index >= 15 is 0 Å². The van der Waals surface area contributed by atoms with Crippen LogP contribution < -0.4 is 0 Å². The van der Waals surface area contributed by atoms with E-state index in [0.717, 1.165) is 0 Å². The predicted octanol–water partition coefficient (Wildman–Crippen LogP) is 3.57. The van der Waals surface area contributed by atoms with Crippen LogP contribution in [0.1, 0.15) is 0 Å². The average Bonchev–Trinajstić information content (AvgIpc) is 2.81. The van der Waals surface area contributed by atoms with E-state index in [0.29, 0.717) is 0 Å². The molecule has 0 unspecified atom stereocenters. The van der Waals surface area contributed by atoms with Crippen LogP contribution in [0.15, 0.2) is 37.4 Å². The quantitative estimate of drug-likeness (QED) is 0.776. The first-order chi connectivity index (χ1) is 7.00. The second kappa shape index (κ2) is 9.39. The number of hydrogen-bond donors (Lipinski definition) is 2. The third-order valence-corrected chi connectivity index (χ3v) is 0.812. The molecule has 0 aliphatic rings. The van der Waals surface area contributed by atoms with Crippen LogP contribution in [0.25, 0.3) is 0 Å². The van der Waals surface area contributed by atoms with Gasteiger partial charge in [-0.2, -0.15) is 0 Å². The van der Waals surface area contributed by atoms with Gasteiger partial charge in [-0.15, -0.1) is 0 Å². The van der Waals surface area contributed by atoms with Gasteiger partial charge in [-0.05, 0) is 0 Å². The van der Waals surface area contributed by atoms with Crippen molar-refractivity contribution >= 4 is 39.4 Å². The van der Waals surface area contributed by atoms with E-state index in [2.05, 4.69) is 19.9 Å². The van der Waals surface area contributed by atoms with Crippen LogP contribution in [-0.4, -0.2) is 19.9 Å². The Morgan fingerprint density at radius 1 is 0.800 bits per heavy atom. The molecule has 0 amide bonds. The third-order valence-electron chi connectivity index (χ3n) is 0.812. The second-order valence-electron chi connectivity index (χ2n) is 1.90. The number of halogens is 4. The van der Waals surface area contributed by atoms with Gasteiger partial charge in [0.1, 0.15) is 0 Å². The number of nitrogens with one attached hydrogen (secondary N) is 2. The predicted molar refractivity (Wildman–Crippen MR) is 60.6 cm³/mol. The molecule has 2 heterocycles. The molecule has 0 fully saturated rings. The maximum atomic E-state index is 5.00. The number of imidazole rings is 2. The van der Waals surface area contributed by atoms with Crippen LogP contribution in [-0.2, 0) is 10.2 Å². The van der Waals surface area contributed by atoms with Crippen LogP contribution in [0.2, 0.25) is 0 Å². The SMILES string of the molecule is [Cl][V]([Cl])([Cl])[Cl].c1c[nH]cn1.c1c[nH]cn1. The Hall–Kier alpha value is 0.164. The van der Waals surface area contributed by atoms with E-state index in [-0.39, 0.29) is 0 Å². The Balaban J connectivity index is 0.000000196. The number of aromatic nitrogens is 4. The molecule has 2 N–H and O–H groups in total. The minimum Gasteiger partial charge on any atom is -0.351 e. The molecule has 0 aliphatic heterocycles. The molecule has 0 radical (unpaired) electrons. The maximum absolute atomic E-state index is 5.00. The van der Waals surface area contributed by atoms with Crippen LogP contribution in [0.3, 0.4) is 0 Å². The first-order valence-electron chi connectivity index (χ1n) is 3.53. The van der Waals surface area contributed by atoms with E-state index in [9.17, 15) is 0 Å². The van der Waals surface area contributed by atoms with Crippen molar-refractivity contribution in [2.24, 2.45) is 0 Å². The zero-order valence-electron chi connectivity index (χ0n) is 7.32. The van der Waals surface area contributed by atoms with E-state index in [1.165, 1.54) is 0 Å². The molecule has 0 spiro atoms. The number of hydrogen-bond acceptors (Lipinski definition) is 2. The molecule has 0 bridgehead atoms. The number of rotatable bonds is 0. The van der Waals surface area contributed by atoms with Gasteiger partial charge in [0.2, 0.25) is 0 Å². The Kier molecular flexibility index (Phi) is 9.50. The molecule has 0 saturated heterocycles. The van der Waals surface area contributed by atoms with E-state index in [1.54, 1.807) is 37.4 Å². The summed E-state index contributed by atoms with van der Waals surface area (Å²) >= 11 is 0. The molecule has 0 saturated carbocycles. The summed E-state index contributed by atoms with van der Waals surface area (Å²) in [5, 5.41) is 0. The number of H-pyrrole nitrogens is 2. The normalized spacial score (nSPS) is 9.33. The van der Waals surface area contributed by atoms with Crippen molar-refractivity contribution in [3.05, 3.63) is 37.4 Å². The van der Waals surface area contributed by atoms with Gasteiger partial charge >= 0.3 is 49.6 Å².